The van der Waals surface area contributed by atoms with Crippen molar-refractivity contribution in [2.75, 3.05) is 39.0 Å². The number of nitrogens with two attached hydrogens (primary N) is 1. The zero-order valence-electron chi connectivity index (χ0n) is 16.0. The molecule has 0 amide bonds. The fraction of sp³-hybridized carbons (Fsp3) is 0.421. The van der Waals surface area contributed by atoms with Crippen LogP contribution in [-0.2, 0) is 6.54 Å². The van der Waals surface area contributed by atoms with Crippen molar-refractivity contribution in [1.29, 1.82) is 0 Å². The molecule has 2 N–H and O–H groups in total. The van der Waals surface area contributed by atoms with Gasteiger partial charge in [0.1, 0.15) is 17.7 Å². The standard InChI is InChI=1S/C17H20FN5O2.C2H6/c1-21-2-4-22(5-3-21)11-12-6-13(8-14(18)7-12)15-9-20-10-16(17(15)19)23(24)25;1-2/h6-10H,2-5,11H2,1H3,(H2,19,20);1-2H3. The molecule has 2 heterocycles. The molecule has 0 spiro atoms. The zero-order valence-corrected chi connectivity index (χ0v) is 16.0. The minimum absolute atomic E-state index is 0.00357. The van der Waals surface area contributed by atoms with Crippen molar-refractivity contribution in [1.82, 2.24) is 14.8 Å². The number of nitrogens with zero attached hydrogens (tertiary/aromatic N) is 4. The van der Waals surface area contributed by atoms with Crippen molar-refractivity contribution in [3.05, 3.63) is 52.1 Å². The molecule has 0 aliphatic carbocycles. The predicted molar refractivity (Wildman–Crippen MR) is 105 cm³/mol. The number of benzene rings is 1. The number of halogens is 1. The van der Waals surface area contributed by atoms with Gasteiger partial charge < -0.3 is 10.6 Å². The summed E-state index contributed by atoms with van der Waals surface area (Å²) in [5, 5.41) is 11.0. The van der Waals surface area contributed by atoms with Crippen LogP contribution in [0.3, 0.4) is 0 Å². The van der Waals surface area contributed by atoms with E-state index in [2.05, 4.69) is 21.8 Å². The Hall–Kier alpha value is -2.58. The van der Waals surface area contributed by atoms with Crippen LogP contribution in [0, 0.1) is 15.9 Å². The fourth-order valence-electron chi connectivity index (χ4n) is 3.00. The summed E-state index contributed by atoms with van der Waals surface area (Å²) in [6.45, 7) is 8.42. The van der Waals surface area contributed by atoms with Crippen LogP contribution in [0.5, 0.6) is 0 Å². The molecular formula is C19H26FN5O2. The SMILES string of the molecule is CC.CN1CCN(Cc2cc(F)cc(-c3cncc([N+](=O)[O-])c3N)c2)CC1. The van der Waals surface area contributed by atoms with Gasteiger partial charge in [-0.25, -0.2) is 4.39 Å². The van der Waals surface area contributed by atoms with Crippen molar-refractivity contribution >= 4 is 11.4 Å². The van der Waals surface area contributed by atoms with E-state index >= 15 is 0 Å². The van der Waals surface area contributed by atoms with Gasteiger partial charge in [0.2, 0.25) is 0 Å². The lowest BCUT2D eigenvalue weighted by atomic mass is 10.0. The van der Waals surface area contributed by atoms with E-state index in [1.165, 1.54) is 18.3 Å². The molecule has 8 heteroatoms. The summed E-state index contributed by atoms with van der Waals surface area (Å²) < 4.78 is 14.1. The van der Waals surface area contributed by atoms with E-state index in [-0.39, 0.29) is 11.4 Å². The molecule has 0 unspecified atom stereocenters. The van der Waals surface area contributed by atoms with Gasteiger partial charge in [-0.15, -0.1) is 0 Å². The van der Waals surface area contributed by atoms with E-state index in [4.69, 9.17) is 5.73 Å². The summed E-state index contributed by atoms with van der Waals surface area (Å²) in [6, 6.07) is 4.63. The second kappa shape index (κ2) is 9.38. The molecule has 1 aliphatic rings. The van der Waals surface area contributed by atoms with Crippen molar-refractivity contribution in [3.8, 4) is 11.1 Å². The van der Waals surface area contributed by atoms with E-state index < -0.39 is 10.7 Å². The van der Waals surface area contributed by atoms with Gasteiger partial charge >= 0.3 is 5.69 Å². The lowest BCUT2D eigenvalue weighted by molar-refractivity contribution is -0.384. The third-order valence-corrected chi connectivity index (χ3v) is 4.43. The van der Waals surface area contributed by atoms with Gasteiger partial charge in [-0.05, 0) is 36.4 Å². The zero-order chi connectivity index (χ0) is 20.0. The second-order valence-electron chi connectivity index (χ2n) is 6.30. The molecule has 0 radical (unpaired) electrons. The number of nitrogen functional groups attached to an aromatic ring is 1. The first kappa shape index (κ1) is 20.7. The van der Waals surface area contributed by atoms with Crippen LogP contribution in [0.4, 0.5) is 15.8 Å². The maximum absolute atomic E-state index is 14.1. The topological polar surface area (TPSA) is 88.5 Å². The number of likely N-dealkylation sites (N-methyl/N-ethyl adjacent to an activating group) is 1. The molecule has 0 saturated carbocycles. The molecule has 1 aromatic carbocycles. The maximum Gasteiger partial charge on any atom is 0.310 e. The Bertz CT molecular complexity index is 792. The predicted octanol–water partition coefficient (Wildman–Crippen LogP) is 3.15. The molecule has 2 aromatic rings. The van der Waals surface area contributed by atoms with Crippen LogP contribution < -0.4 is 5.73 Å². The first-order valence-corrected chi connectivity index (χ1v) is 9.02. The molecule has 1 saturated heterocycles. The smallest absolute Gasteiger partial charge is 0.310 e. The van der Waals surface area contributed by atoms with Gasteiger partial charge in [0.05, 0.1) is 4.92 Å². The molecule has 146 valence electrons. The number of rotatable bonds is 4. The lowest BCUT2D eigenvalue weighted by Gasteiger charge is -2.32. The first-order chi connectivity index (χ1) is 12.9. The summed E-state index contributed by atoms with van der Waals surface area (Å²) in [7, 11) is 2.08. The van der Waals surface area contributed by atoms with E-state index in [0.29, 0.717) is 17.7 Å². The van der Waals surface area contributed by atoms with Crippen LogP contribution in [-0.4, -0.2) is 52.9 Å². The maximum atomic E-state index is 14.1. The van der Waals surface area contributed by atoms with Gasteiger partial charge in [-0.2, -0.15) is 0 Å². The highest BCUT2D eigenvalue weighted by molar-refractivity contribution is 5.81. The Labute approximate surface area is 158 Å². The van der Waals surface area contributed by atoms with E-state index in [1.807, 2.05) is 19.9 Å². The Morgan fingerprint density at radius 3 is 2.48 bits per heavy atom. The van der Waals surface area contributed by atoms with Gasteiger partial charge in [-0.1, -0.05) is 13.8 Å². The normalized spacial score (nSPS) is 15.1. The molecule has 3 rings (SSSR count). The van der Waals surface area contributed by atoms with Crippen LogP contribution in [0.15, 0.2) is 30.6 Å². The third kappa shape index (κ3) is 5.21. The van der Waals surface area contributed by atoms with Crippen molar-refractivity contribution in [2.24, 2.45) is 0 Å². The van der Waals surface area contributed by atoms with E-state index in [1.54, 1.807) is 0 Å². The quantitative estimate of drug-likeness (QED) is 0.652. The highest BCUT2D eigenvalue weighted by atomic mass is 19.1. The lowest BCUT2D eigenvalue weighted by Crippen LogP contribution is -2.43. The number of hydrogen-bond acceptors (Lipinski definition) is 6. The largest absolute Gasteiger partial charge is 0.393 e. The Morgan fingerprint density at radius 2 is 1.85 bits per heavy atom. The van der Waals surface area contributed by atoms with E-state index in [0.717, 1.165) is 37.9 Å². The Balaban J connectivity index is 0.00000126. The molecule has 0 bridgehead atoms. The molecule has 1 aliphatic heterocycles. The van der Waals surface area contributed by atoms with Gasteiger partial charge in [0.15, 0.2) is 0 Å². The number of anilines is 1. The van der Waals surface area contributed by atoms with Crippen molar-refractivity contribution in [2.45, 2.75) is 20.4 Å². The Morgan fingerprint density at radius 1 is 1.19 bits per heavy atom. The van der Waals surface area contributed by atoms with E-state index in [9.17, 15) is 14.5 Å². The number of hydrogen-bond donors (Lipinski definition) is 1. The van der Waals surface area contributed by atoms with Gasteiger partial charge in [-0.3, -0.25) is 20.0 Å². The molecule has 1 fully saturated rings. The van der Waals surface area contributed by atoms with Crippen LogP contribution in [0.1, 0.15) is 19.4 Å². The third-order valence-electron chi connectivity index (χ3n) is 4.43. The second-order valence-corrected chi connectivity index (χ2v) is 6.30. The number of aromatic nitrogens is 1. The molecule has 0 atom stereocenters. The summed E-state index contributed by atoms with van der Waals surface area (Å²) in [4.78, 5) is 18.8. The minimum Gasteiger partial charge on any atom is -0.393 e. The molecule has 7 nitrogen and oxygen atoms in total. The summed E-state index contributed by atoms with van der Waals surface area (Å²) in [6.07, 6.45) is 2.53. The van der Waals surface area contributed by atoms with Crippen LogP contribution in [0.25, 0.3) is 11.1 Å². The summed E-state index contributed by atoms with van der Waals surface area (Å²) in [5.41, 5.74) is 7.29. The molecule has 27 heavy (non-hydrogen) atoms. The molecule has 1 aromatic heterocycles. The van der Waals surface area contributed by atoms with Crippen LogP contribution in [0.2, 0.25) is 0 Å². The van der Waals surface area contributed by atoms with Crippen molar-refractivity contribution < 1.29 is 9.31 Å². The number of piperazine rings is 1. The highest BCUT2D eigenvalue weighted by Crippen LogP contribution is 2.33. The monoisotopic (exact) mass is 375 g/mol. The summed E-state index contributed by atoms with van der Waals surface area (Å²) >= 11 is 0. The molecular weight excluding hydrogens is 349 g/mol. The Kier molecular flexibility index (Phi) is 7.20. The van der Waals surface area contributed by atoms with Crippen LogP contribution >= 0.6 is 0 Å². The van der Waals surface area contributed by atoms with Gasteiger partial charge in [0.25, 0.3) is 0 Å². The first-order valence-electron chi connectivity index (χ1n) is 9.02. The number of pyridine rings is 1. The number of nitro groups is 1. The van der Waals surface area contributed by atoms with Crippen molar-refractivity contribution in [3.63, 3.8) is 0 Å². The summed E-state index contributed by atoms with van der Waals surface area (Å²) in [5.74, 6) is -0.396. The fourth-order valence-corrected chi connectivity index (χ4v) is 3.00. The minimum atomic E-state index is -0.587. The average molecular weight is 375 g/mol. The highest BCUT2D eigenvalue weighted by Gasteiger charge is 2.18. The average Bonchev–Trinajstić information content (AvgIpc) is 2.65. The van der Waals surface area contributed by atoms with Gasteiger partial charge in [0, 0.05) is 44.5 Å².